The molecule has 2 saturated heterocycles. The Morgan fingerprint density at radius 1 is 1.36 bits per heavy atom. The second-order valence-electron chi connectivity index (χ2n) is 9.28. The van der Waals surface area contributed by atoms with Crippen LogP contribution in [0.15, 0.2) is 11.6 Å². The van der Waals surface area contributed by atoms with E-state index in [1.54, 1.807) is 0 Å². The zero-order valence-electron chi connectivity index (χ0n) is 17.6. The van der Waals surface area contributed by atoms with E-state index in [9.17, 15) is 9.59 Å². The topological polar surface area (TPSA) is 106 Å². The summed E-state index contributed by atoms with van der Waals surface area (Å²) in [5.74, 6) is -0.458. The SMILES string of the molecule is CC(C)=CC[C@H]1O[C@]1(C)[C@H]1C[C@H](OC(=O)N[C@H](C(N)=O)C(C)C)CC[C@]12CO2. The summed E-state index contributed by atoms with van der Waals surface area (Å²) in [6.07, 6.45) is 4.79. The van der Waals surface area contributed by atoms with Crippen molar-refractivity contribution in [2.75, 3.05) is 6.61 Å². The van der Waals surface area contributed by atoms with Gasteiger partial charge in [0.15, 0.2) is 0 Å². The molecule has 2 heterocycles. The lowest BCUT2D eigenvalue weighted by Gasteiger charge is -2.36. The van der Waals surface area contributed by atoms with Gasteiger partial charge < -0.3 is 25.3 Å². The fourth-order valence-electron chi connectivity index (χ4n) is 4.56. The first-order valence-electron chi connectivity index (χ1n) is 10.3. The molecule has 0 radical (unpaired) electrons. The molecule has 28 heavy (non-hydrogen) atoms. The molecule has 1 aliphatic carbocycles. The minimum atomic E-state index is -0.734. The number of rotatable bonds is 7. The van der Waals surface area contributed by atoms with Crippen LogP contribution >= 0.6 is 0 Å². The Kier molecular flexibility index (Phi) is 5.79. The van der Waals surface area contributed by atoms with Crippen molar-refractivity contribution in [2.24, 2.45) is 17.6 Å². The number of primary amides is 1. The number of ether oxygens (including phenoxy) is 3. The molecule has 0 bridgehead atoms. The zero-order valence-corrected chi connectivity index (χ0v) is 17.6. The van der Waals surface area contributed by atoms with Crippen molar-refractivity contribution in [3.8, 4) is 0 Å². The summed E-state index contributed by atoms with van der Waals surface area (Å²) in [6.45, 7) is 10.7. The highest BCUT2D eigenvalue weighted by Gasteiger charge is 2.68. The molecule has 7 nitrogen and oxygen atoms in total. The van der Waals surface area contributed by atoms with Gasteiger partial charge in [0.05, 0.1) is 23.9 Å². The second-order valence-corrected chi connectivity index (χ2v) is 9.28. The van der Waals surface area contributed by atoms with Gasteiger partial charge in [-0.2, -0.15) is 0 Å². The van der Waals surface area contributed by atoms with Gasteiger partial charge in [-0.05, 0) is 52.4 Å². The van der Waals surface area contributed by atoms with Crippen molar-refractivity contribution in [1.82, 2.24) is 5.32 Å². The van der Waals surface area contributed by atoms with Crippen molar-refractivity contribution in [3.05, 3.63) is 11.6 Å². The normalized spacial score (nSPS) is 37.3. The van der Waals surface area contributed by atoms with Gasteiger partial charge in [0.1, 0.15) is 12.1 Å². The number of nitrogens with one attached hydrogen (secondary N) is 1. The molecule has 7 heteroatoms. The lowest BCUT2D eigenvalue weighted by molar-refractivity contribution is -0.121. The van der Waals surface area contributed by atoms with Gasteiger partial charge >= 0.3 is 6.09 Å². The summed E-state index contributed by atoms with van der Waals surface area (Å²) < 4.78 is 17.6. The summed E-state index contributed by atoms with van der Waals surface area (Å²) in [6, 6.07) is -0.734. The number of allylic oxidation sites excluding steroid dienone is 1. The summed E-state index contributed by atoms with van der Waals surface area (Å²) >= 11 is 0. The van der Waals surface area contributed by atoms with Gasteiger partial charge in [-0.1, -0.05) is 25.5 Å². The van der Waals surface area contributed by atoms with E-state index < -0.39 is 18.0 Å². The van der Waals surface area contributed by atoms with Crippen molar-refractivity contribution in [3.63, 3.8) is 0 Å². The van der Waals surface area contributed by atoms with Crippen molar-refractivity contribution in [1.29, 1.82) is 0 Å². The molecule has 3 aliphatic rings. The molecule has 2 amide bonds. The minimum Gasteiger partial charge on any atom is -0.446 e. The molecule has 0 aromatic rings. The number of carbonyl (C=O) groups excluding carboxylic acids is 2. The highest BCUT2D eigenvalue weighted by atomic mass is 16.6. The quantitative estimate of drug-likeness (QED) is 0.510. The molecule has 1 spiro atoms. The van der Waals surface area contributed by atoms with E-state index in [2.05, 4.69) is 32.2 Å². The first-order chi connectivity index (χ1) is 13.1. The molecule has 3 fully saturated rings. The molecule has 3 rings (SSSR count). The van der Waals surface area contributed by atoms with Crippen LogP contribution in [0.1, 0.15) is 60.3 Å². The molecule has 3 N–H and O–H groups in total. The van der Waals surface area contributed by atoms with Gasteiger partial charge in [0, 0.05) is 5.92 Å². The molecule has 0 unspecified atom stereocenters. The van der Waals surface area contributed by atoms with Gasteiger partial charge in [0.2, 0.25) is 5.91 Å². The first-order valence-corrected chi connectivity index (χ1v) is 10.3. The maximum Gasteiger partial charge on any atom is 0.408 e. The van der Waals surface area contributed by atoms with E-state index in [0.717, 1.165) is 25.9 Å². The fraction of sp³-hybridized carbons (Fsp3) is 0.810. The van der Waals surface area contributed by atoms with Crippen LogP contribution in [0.2, 0.25) is 0 Å². The van der Waals surface area contributed by atoms with E-state index in [4.69, 9.17) is 19.9 Å². The fourth-order valence-corrected chi connectivity index (χ4v) is 4.56. The maximum atomic E-state index is 12.3. The largest absolute Gasteiger partial charge is 0.446 e. The standard InChI is InChI=1S/C21H34N2O5/c1-12(2)6-7-16-20(5,28-16)15-10-14(8-9-21(15)11-26-21)27-19(25)23-17(13(3)4)18(22)24/h6,13-17H,7-11H2,1-5H3,(H2,22,24)(H,23,25)/t14-,15-,16-,17+,20-,21+/m1/s1. The number of carbonyl (C=O) groups is 2. The van der Waals surface area contributed by atoms with Crippen LogP contribution in [0.5, 0.6) is 0 Å². The van der Waals surface area contributed by atoms with E-state index in [-0.39, 0.29) is 35.2 Å². The number of hydrogen-bond donors (Lipinski definition) is 2. The molecule has 158 valence electrons. The van der Waals surface area contributed by atoms with Gasteiger partial charge in [-0.25, -0.2) is 4.79 Å². The van der Waals surface area contributed by atoms with Gasteiger partial charge in [0.25, 0.3) is 0 Å². The van der Waals surface area contributed by atoms with Crippen LogP contribution in [-0.2, 0) is 19.0 Å². The Morgan fingerprint density at radius 3 is 2.57 bits per heavy atom. The van der Waals surface area contributed by atoms with Crippen LogP contribution < -0.4 is 11.1 Å². The Morgan fingerprint density at radius 2 is 2.04 bits per heavy atom. The van der Waals surface area contributed by atoms with Crippen molar-refractivity contribution in [2.45, 2.75) is 89.8 Å². The molecule has 2 aliphatic heterocycles. The third-order valence-electron chi connectivity index (χ3n) is 6.47. The third-order valence-corrected chi connectivity index (χ3v) is 6.47. The van der Waals surface area contributed by atoms with Crippen LogP contribution in [0, 0.1) is 11.8 Å². The van der Waals surface area contributed by atoms with Gasteiger partial charge in [-0.15, -0.1) is 0 Å². The van der Waals surface area contributed by atoms with Crippen molar-refractivity contribution >= 4 is 12.0 Å². The third kappa shape index (κ3) is 4.35. The Balaban J connectivity index is 1.59. The molecular weight excluding hydrogens is 360 g/mol. The predicted octanol–water partition coefficient (Wildman–Crippen LogP) is 2.67. The van der Waals surface area contributed by atoms with E-state index >= 15 is 0 Å². The first kappa shape index (κ1) is 21.1. The summed E-state index contributed by atoms with van der Waals surface area (Å²) in [7, 11) is 0. The average Bonchev–Trinajstić information content (AvgIpc) is 3.50. The summed E-state index contributed by atoms with van der Waals surface area (Å²) in [5.41, 5.74) is 6.28. The molecule has 0 aromatic heterocycles. The second kappa shape index (κ2) is 7.67. The van der Waals surface area contributed by atoms with Crippen molar-refractivity contribution < 1.29 is 23.8 Å². The van der Waals surface area contributed by atoms with Gasteiger partial charge in [-0.3, -0.25) is 4.79 Å². The Hall–Kier alpha value is -1.60. The average molecular weight is 395 g/mol. The van der Waals surface area contributed by atoms with E-state index in [1.807, 2.05) is 13.8 Å². The monoisotopic (exact) mass is 394 g/mol. The van der Waals surface area contributed by atoms with Crippen LogP contribution in [-0.4, -0.2) is 48.1 Å². The molecule has 0 aromatic carbocycles. The zero-order chi connectivity index (χ0) is 20.7. The number of amides is 2. The van der Waals surface area contributed by atoms with E-state index in [1.165, 1.54) is 5.57 Å². The molecule has 6 atom stereocenters. The number of epoxide rings is 2. The Bertz CT molecular complexity index is 653. The smallest absolute Gasteiger partial charge is 0.408 e. The molecular formula is C21H34N2O5. The lowest BCUT2D eigenvalue weighted by atomic mass is 9.70. The lowest BCUT2D eigenvalue weighted by Crippen LogP contribution is -2.50. The van der Waals surface area contributed by atoms with E-state index in [0.29, 0.717) is 6.42 Å². The van der Waals surface area contributed by atoms with Crippen LogP contribution in [0.3, 0.4) is 0 Å². The van der Waals surface area contributed by atoms with Crippen LogP contribution in [0.25, 0.3) is 0 Å². The Labute approximate surface area is 167 Å². The summed E-state index contributed by atoms with van der Waals surface area (Å²) in [5, 5.41) is 2.60. The predicted molar refractivity (Wildman–Crippen MR) is 105 cm³/mol. The summed E-state index contributed by atoms with van der Waals surface area (Å²) in [4.78, 5) is 23.8. The maximum absolute atomic E-state index is 12.3. The van der Waals surface area contributed by atoms with Crippen LogP contribution in [0.4, 0.5) is 4.79 Å². The highest BCUT2D eigenvalue weighted by molar-refractivity contribution is 5.84. The molecule has 1 saturated carbocycles. The highest BCUT2D eigenvalue weighted by Crippen LogP contribution is 2.59. The number of alkyl carbamates (subject to hydrolysis) is 1. The number of hydrogen-bond acceptors (Lipinski definition) is 5. The minimum absolute atomic E-state index is 0.0955. The number of nitrogens with two attached hydrogens (primary N) is 1.